The molecule has 1 atom stereocenters. The molecule has 0 spiro atoms. The first-order valence-corrected chi connectivity index (χ1v) is 2.95. The summed E-state index contributed by atoms with van der Waals surface area (Å²) in [6, 6.07) is -0.0278. The third kappa shape index (κ3) is 2.58. The highest BCUT2D eigenvalue weighted by molar-refractivity contribution is 5.56. The van der Waals surface area contributed by atoms with Gasteiger partial charge >= 0.3 is 0 Å². The Morgan fingerprint density at radius 3 is 1.89 bits per heavy atom. The monoisotopic (exact) mass is 130 g/mol. The fourth-order valence-electron chi connectivity index (χ4n) is 0.452. The van der Waals surface area contributed by atoms with Crippen molar-refractivity contribution in [3.05, 3.63) is 0 Å². The Labute approximate surface area is 56.2 Å². The molecule has 0 aromatic rings. The molecule has 0 radical (unpaired) electrons. The molecule has 0 aliphatic heterocycles. The Hall–Kier alpha value is -0.410. The maximum atomic E-state index is 10.2. The van der Waals surface area contributed by atoms with E-state index in [1.807, 2.05) is 38.1 Å². The second kappa shape index (κ2) is 3.58. The molecular weight excluding hydrogens is 116 g/mol. The number of aldehydes is 1. The van der Waals surface area contributed by atoms with Crippen LogP contribution in [0.15, 0.2) is 0 Å². The molecule has 0 heterocycles. The average Bonchev–Trinajstić information content (AvgIpc) is 1.84. The molecule has 0 rings (SSSR count). The summed E-state index contributed by atoms with van der Waals surface area (Å²) in [6.07, 6.45) is 0.917. The Morgan fingerprint density at radius 1 is 1.33 bits per heavy atom. The van der Waals surface area contributed by atoms with Gasteiger partial charge in [-0.05, 0) is 6.92 Å². The van der Waals surface area contributed by atoms with E-state index in [2.05, 4.69) is 0 Å². The highest BCUT2D eigenvalue weighted by Gasteiger charge is 2.07. The van der Waals surface area contributed by atoms with Gasteiger partial charge in [0.05, 0.1) is 6.04 Å². The lowest BCUT2D eigenvalue weighted by molar-refractivity contribution is -0.116. The first kappa shape index (κ1) is 8.59. The molecule has 54 valence electrons. The molecule has 9 heavy (non-hydrogen) atoms. The van der Waals surface area contributed by atoms with Crippen LogP contribution in [0.25, 0.3) is 0 Å². The fourth-order valence-corrected chi connectivity index (χ4v) is 0.452. The van der Waals surface area contributed by atoms with Gasteiger partial charge in [0.15, 0.2) is 0 Å². The minimum Gasteiger partial charge on any atom is -0.302 e. The number of carbonyl (C=O) groups excluding carboxylic acids is 1. The van der Waals surface area contributed by atoms with Gasteiger partial charge < -0.3 is 4.79 Å². The van der Waals surface area contributed by atoms with Crippen LogP contribution in [0.1, 0.15) is 6.92 Å². The van der Waals surface area contributed by atoms with E-state index < -0.39 is 0 Å². The van der Waals surface area contributed by atoms with Gasteiger partial charge in [0.25, 0.3) is 0 Å². The van der Waals surface area contributed by atoms with Crippen molar-refractivity contribution in [1.82, 2.24) is 10.0 Å². The molecule has 0 bridgehead atoms. The van der Waals surface area contributed by atoms with Crippen molar-refractivity contribution < 1.29 is 4.79 Å². The highest BCUT2D eigenvalue weighted by Crippen LogP contribution is 1.91. The smallest absolute Gasteiger partial charge is 0.138 e. The first-order valence-electron chi connectivity index (χ1n) is 2.95. The summed E-state index contributed by atoms with van der Waals surface area (Å²) in [7, 11) is 5.68. The van der Waals surface area contributed by atoms with Crippen molar-refractivity contribution in [2.75, 3.05) is 21.1 Å². The lowest BCUT2D eigenvalue weighted by Gasteiger charge is -2.26. The number of likely N-dealkylation sites (N-methyl/N-ethyl adjacent to an activating group) is 1. The predicted molar refractivity (Wildman–Crippen MR) is 37.0 cm³/mol. The molecule has 0 amide bonds. The number of hydrazine groups is 1. The summed E-state index contributed by atoms with van der Waals surface area (Å²) in [5.41, 5.74) is 0. The first-order chi connectivity index (χ1) is 4.09. The lowest BCUT2D eigenvalue weighted by Crippen LogP contribution is -2.40. The van der Waals surface area contributed by atoms with Crippen molar-refractivity contribution in [3.63, 3.8) is 0 Å². The van der Waals surface area contributed by atoms with Crippen molar-refractivity contribution in [1.29, 1.82) is 0 Å². The SMILES string of the molecule is CC(C=O)N(C)N(C)C. The van der Waals surface area contributed by atoms with Gasteiger partial charge in [-0.25, -0.2) is 10.0 Å². The molecule has 0 aromatic heterocycles. The number of nitrogens with zero attached hydrogens (tertiary/aromatic N) is 2. The zero-order valence-corrected chi connectivity index (χ0v) is 6.46. The van der Waals surface area contributed by atoms with E-state index in [0.717, 1.165) is 6.29 Å². The molecular formula is C6H14N2O. The lowest BCUT2D eigenvalue weighted by atomic mass is 10.4. The molecule has 0 saturated heterocycles. The second-order valence-electron chi connectivity index (χ2n) is 2.30. The second-order valence-corrected chi connectivity index (χ2v) is 2.30. The molecule has 0 saturated carbocycles. The van der Waals surface area contributed by atoms with Crippen LogP contribution in [0.2, 0.25) is 0 Å². The van der Waals surface area contributed by atoms with Crippen LogP contribution in [-0.4, -0.2) is 43.5 Å². The van der Waals surface area contributed by atoms with Gasteiger partial charge in [-0.15, -0.1) is 0 Å². The van der Waals surface area contributed by atoms with Gasteiger partial charge in [0, 0.05) is 21.1 Å². The van der Waals surface area contributed by atoms with E-state index >= 15 is 0 Å². The summed E-state index contributed by atoms with van der Waals surface area (Å²) < 4.78 is 0. The summed E-state index contributed by atoms with van der Waals surface area (Å²) in [5, 5.41) is 3.73. The van der Waals surface area contributed by atoms with Crippen molar-refractivity contribution in [3.8, 4) is 0 Å². The van der Waals surface area contributed by atoms with Crippen LogP contribution in [0, 0.1) is 0 Å². The van der Waals surface area contributed by atoms with Gasteiger partial charge in [0.2, 0.25) is 0 Å². The predicted octanol–water partition coefficient (Wildman–Crippen LogP) is -0.0178. The van der Waals surface area contributed by atoms with E-state index in [-0.39, 0.29) is 6.04 Å². The Balaban J connectivity index is 3.71. The molecule has 0 aromatic carbocycles. The third-order valence-corrected chi connectivity index (χ3v) is 1.42. The van der Waals surface area contributed by atoms with Crippen molar-refractivity contribution in [2.45, 2.75) is 13.0 Å². The Bertz CT molecular complexity index is 93.1. The maximum absolute atomic E-state index is 10.2. The molecule has 3 heteroatoms. The molecule has 1 unspecified atom stereocenters. The molecule has 0 N–H and O–H groups in total. The number of hydrogen-bond acceptors (Lipinski definition) is 3. The average molecular weight is 130 g/mol. The topological polar surface area (TPSA) is 23.6 Å². The van der Waals surface area contributed by atoms with Crippen molar-refractivity contribution in [2.24, 2.45) is 0 Å². The quantitative estimate of drug-likeness (QED) is 0.396. The largest absolute Gasteiger partial charge is 0.302 e. The van der Waals surface area contributed by atoms with E-state index in [4.69, 9.17) is 0 Å². The minimum atomic E-state index is -0.0278. The number of hydrogen-bond donors (Lipinski definition) is 0. The Morgan fingerprint density at radius 2 is 1.78 bits per heavy atom. The molecule has 0 aliphatic rings. The standard InChI is InChI=1S/C6H14N2O/c1-6(5-9)8(4)7(2)3/h5-6H,1-4H3. The third-order valence-electron chi connectivity index (χ3n) is 1.42. The Kier molecular flexibility index (Phi) is 3.42. The number of rotatable bonds is 3. The number of carbonyl (C=O) groups is 1. The summed E-state index contributed by atoms with van der Waals surface area (Å²) in [6.45, 7) is 1.85. The van der Waals surface area contributed by atoms with Crippen LogP contribution in [-0.2, 0) is 4.79 Å². The highest BCUT2D eigenvalue weighted by atomic mass is 16.1. The van der Waals surface area contributed by atoms with Gasteiger partial charge in [0.1, 0.15) is 6.29 Å². The normalized spacial score (nSPS) is 14.4. The molecule has 3 nitrogen and oxygen atoms in total. The van der Waals surface area contributed by atoms with Crippen LogP contribution in [0.3, 0.4) is 0 Å². The maximum Gasteiger partial charge on any atom is 0.138 e. The van der Waals surface area contributed by atoms with Crippen LogP contribution >= 0.6 is 0 Å². The fraction of sp³-hybridized carbons (Fsp3) is 0.833. The zero-order chi connectivity index (χ0) is 7.44. The summed E-state index contributed by atoms with van der Waals surface area (Å²) in [5.74, 6) is 0. The van der Waals surface area contributed by atoms with E-state index in [1.165, 1.54) is 0 Å². The van der Waals surface area contributed by atoms with Gasteiger partial charge in [-0.3, -0.25) is 0 Å². The van der Waals surface area contributed by atoms with E-state index in [9.17, 15) is 4.79 Å². The van der Waals surface area contributed by atoms with Gasteiger partial charge in [-0.1, -0.05) is 0 Å². The van der Waals surface area contributed by atoms with Crippen LogP contribution in [0.5, 0.6) is 0 Å². The van der Waals surface area contributed by atoms with E-state index in [0.29, 0.717) is 0 Å². The van der Waals surface area contributed by atoms with E-state index in [1.54, 1.807) is 0 Å². The van der Waals surface area contributed by atoms with Crippen molar-refractivity contribution >= 4 is 6.29 Å². The van der Waals surface area contributed by atoms with Crippen LogP contribution in [0.4, 0.5) is 0 Å². The summed E-state index contributed by atoms with van der Waals surface area (Å²) in [4.78, 5) is 10.2. The van der Waals surface area contributed by atoms with Crippen LogP contribution < -0.4 is 0 Å². The van der Waals surface area contributed by atoms with Gasteiger partial charge in [-0.2, -0.15) is 0 Å². The minimum absolute atomic E-state index is 0.0278. The zero-order valence-electron chi connectivity index (χ0n) is 6.46. The summed E-state index contributed by atoms with van der Waals surface area (Å²) >= 11 is 0. The molecule has 0 fully saturated rings. The molecule has 0 aliphatic carbocycles.